The number of ketones is 1. The molecule has 0 aliphatic carbocycles. The van der Waals surface area contributed by atoms with Crippen LogP contribution in [0.1, 0.15) is 15.9 Å². The van der Waals surface area contributed by atoms with Gasteiger partial charge < -0.3 is 9.80 Å². The maximum atomic E-state index is 12.6. The van der Waals surface area contributed by atoms with Crippen molar-refractivity contribution in [2.24, 2.45) is 0 Å². The molecule has 0 unspecified atom stereocenters. The minimum Gasteiger partial charge on any atom is -0.352 e. The minimum atomic E-state index is -0.533. The first kappa shape index (κ1) is 17.4. The number of Topliss-reactive ketones (excluding diaryl/α,β-unsaturated/α-hetero) is 1. The van der Waals surface area contributed by atoms with E-state index in [4.69, 9.17) is 11.6 Å². The summed E-state index contributed by atoms with van der Waals surface area (Å²) in [7, 11) is 0. The smallest absolute Gasteiger partial charge is 0.295 e. The van der Waals surface area contributed by atoms with Gasteiger partial charge >= 0.3 is 0 Å². The van der Waals surface area contributed by atoms with Gasteiger partial charge in [-0.3, -0.25) is 9.59 Å². The Hall–Kier alpha value is -3.00. The third kappa shape index (κ3) is 3.35. The van der Waals surface area contributed by atoms with E-state index in [0.717, 1.165) is 11.4 Å². The van der Waals surface area contributed by atoms with Gasteiger partial charge in [0.2, 0.25) is 5.78 Å². The number of carbonyl (C=O) groups excluding carboxylic acids is 2. The van der Waals surface area contributed by atoms with E-state index in [-0.39, 0.29) is 0 Å². The van der Waals surface area contributed by atoms with Gasteiger partial charge in [0.15, 0.2) is 5.65 Å². The van der Waals surface area contributed by atoms with E-state index < -0.39 is 11.7 Å². The number of amides is 1. The van der Waals surface area contributed by atoms with Crippen molar-refractivity contribution in [1.82, 2.24) is 24.7 Å². The van der Waals surface area contributed by atoms with Gasteiger partial charge in [0.25, 0.3) is 5.91 Å². The highest BCUT2D eigenvalue weighted by Crippen LogP contribution is 2.19. The van der Waals surface area contributed by atoms with Gasteiger partial charge in [-0.2, -0.15) is 4.52 Å². The lowest BCUT2D eigenvalue weighted by Crippen LogP contribution is -2.51. The molecule has 1 aliphatic rings. The number of benzene rings is 1. The molecule has 1 amide bonds. The van der Waals surface area contributed by atoms with Crippen LogP contribution in [0.5, 0.6) is 0 Å². The van der Waals surface area contributed by atoms with Crippen LogP contribution in [0.3, 0.4) is 0 Å². The highest BCUT2D eigenvalue weighted by Gasteiger charge is 2.27. The van der Waals surface area contributed by atoms with E-state index in [9.17, 15) is 9.59 Å². The predicted octanol–water partition coefficient (Wildman–Crippen LogP) is 1.62. The number of hydrogen-bond donors (Lipinski definition) is 0. The fourth-order valence-corrected chi connectivity index (χ4v) is 3.21. The largest absolute Gasteiger partial charge is 0.352 e. The number of aryl methyl sites for hydroxylation is 1. The lowest BCUT2D eigenvalue weighted by atomic mass is 10.1. The summed E-state index contributed by atoms with van der Waals surface area (Å²) in [6, 6.07) is 8.65. The molecule has 0 saturated carbocycles. The van der Waals surface area contributed by atoms with Crippen molar-refractivity contribution in [2.45, 2.75) is 6.92 Å². The molecule has 1 fully saturated rings. The van der Waals surface area contributed by atoms with E-state index in [0.29, 0.717) is 42.4 Å². The van der Waals surface area contributed by atoms with Crippen molar-refractivity contribution in [3.8, 4) is 0 Å². The van der Waals surface area contributed by atoms with Crippen LogP contribution in [-0.2, 0) is 4.79 Å². The number of halogens is 1. The Bertz CT molecular complexity index is 1030. The molecular formula is C18H17ClN6O2. The van der Waals surface area contributed by atoms with Gasteiger partial charge in [0.05, 0.1) is 0 Å². The molecule has 0 bridgehead atoms. The summed E-state index contributed by atoms with van der Waals surface area (Å²) in [6.45, 7) is 3.93. The Labute approximate surface area is 160 Å². The number of nitrogens with zero attached hydrogens (tertiary/aromatic N) is 6. The number of hydrogen-bond acceptors (Lipinski definition) is 6. The number of rotatable bonds is 3. The summed E-state index contributed by atoms with van der Waals surface area (Å²) in [4.78, 5) is 28.7. The van der Waals surface area contributed by atoms with Crippen molar-refractivity contribution in [2.75, 3.05) is 31.1 Å². The van der Waals surface area contributed by atoms with Crippen molar-refractivity contribution in [3.05, 3.63) is 52.8 Å². The van der Waals surface area contributed by atoms with Crippen LogP contribution in [0, 0.1) is 6.92 Å². The fourth-order valence-electron chi connectivity index (χ4n) is 3.03. The summed E-state index contributed by atoms with van der Waals surface area (Å²) in [5.41, 5.74) is 1.86. The second kappa shape index (κ2) is 6.96. The fraction of sp³-hybridized carbons (Fsp3) is 0.278. The molecule has 27 heavy (non-hydrogen) atoms. The maximum absolute atomic E-state index is 12.6. The molecule has 0 spiro atoms. The Morgan fingerprint density at radius 3 is 2.59 bits per heavy atom. The highest BCUT2D eigenvalue weighted by atomic mass is 35.5. The van der Waals surface area contributed by atoms with E-state index >= 15 is 0 Å². The first-order chi connectivity index (χ1) is 13.0. The molecule has 4 rings (SSSR count). The highest BCUT2D eigenvalue weighted by molar-refractivity contribution is 6.43. The van der Waals surface area contributed by atoms with Crippen LogP contribution < -0.4 is 4.90 Å². The van der Waals surface area contributed by atoms with Crippen molar-refractivity contribution in [3.63, 3.8) is 0 Å². The zero-order valence-corrected chi connectivity index (χ0v) is 15.4. The van der Waals surface area contributed by atoms with E-state index in [1.54, 1.807) is 33.9 Å². The third-order valence-electron chi connectivity index (χ3n) is 4.67. The Morgan fingerprint density at radius 1 is 1.07 bits per heavy atom. The number of piperazine rings is 1. The Balaban J connectivity index is 1.42. The maximum Gasteiger partial charge on any atom is 0.295 e. The molecule has 3 heterocycles. The standard InChI is InChI=1S/C18H17ClN6O2/c1-12-2-3-13(10-14(12)19)17(26)18(27)24-8-6-23(7-9-24)16-5-4-15-21-20-11-25(15)22-16/h2-5,10-11H,6-9H2,1H3. The van der Waals surface area contributed by atoms with Crippen LogP contribution in [0.25, 0.3) is 5.65 Å². The minimum absolute atomic E-state index is 0.317. The summed E-state index contributed by atoms with van der Waals surface area (Å²) >= 11 is 6.07. The monoisotopic (exact) mass is 384 g/mol. The Kier molecular flexibility index (Phi) is 4.49. The molecule has 2 aromatic heterocycles. The molecule has 1 saturated heterocycles. The SMILES string of the molecule is Cc1ccc(C(=O)C(=O)N2CCN(c3ccc4nncn4n3)CC2)cc1Cl. The molecule has 138 valence electrons. The van der Waals surface area contributed by atoms with E-state index in [1.165, 1.54) is 0 Å². The molecule has 0 N–H and O–H groups in total. The Morgan fingerprint density at radius 2 is 1.85 bits per heavy atom. The van der Waals surface area contributed by atoms with Gasteiger partial charge in [-0.25, -0.2) is 0 Å². The molecule has 1 aromatic carbocycles. The summed E-state index contributed by atoms with van der Waals surface area (Å²) in [6.07, 6.45) is 1.55. The first-order valence-corrected chi connectivity index (χ1v) is 8.92. The average Bonchev–Trinajstić information content (AvgIpc) is 3.17. The predicted molar refractivity (Wildman–Crippen MR) is 100 cm³/mol. The summed E-state index contributed by atoms with van der Waals surface area (Å²) < 4.78 is 1.61. The summed E-state index contributed by atoms with van der Waals surface area (Å²) in [5, 5.41) is 12.7. The molecule has 9 heteroatoms. The molecule has 0 atom stereocenters. The van der Waals surface area contributed by atoms with Gasteiger partial charge in [0, 0.05) is 36.8 Å². The molecule has 8 nitrogen and oxygen atoms in total. The average molecular weight is 385 g/mol. The van der Waals surface area contributed by atoms with Gasteiger partial charge in [-0.05, 0) is 30.7 Å². The number of aromatic nitrogens is 4. The quantitative estimate of drug-likeness (QED) is 0.504. The van der Waals surface area contributed by atoms with Crippen LogP contribution in [0.4, 0.5) is 5.82 Å². The third-order valence-corrected chi connectivity index (χ3v) is 5.07. The van der Waals surface area contributed by atoms with E-state index in [1.807, 2.05) is 19.1 Å². The lowest BCUT2D eigenvalue weighted by molar-refractivity contribution is -0.126. The van der Waals surface area contributed by atoms with E-state index in [2.05, 4.69) is 20.2 Å². The van der Waals surface area contributed by atoms with Gasteiger partial charge in [-0.15, -0.1) is 15.3 Å². The van der Waals surface area contributed by atoms with Crippen molar-refractivity contribution < 1.29 is 9.59 Å². The van der Waals surface area contributed by atoms with Crippen LogP contribution >= 0.6 is 11.6 Å². The second-order valence-corrected chi connectivity index (χ2v) is 6.80. The second-order valence-electron chi connectivity index (χ2n) is 6.40. The van der Waals surface area contributed by atoms with Gasteiger partial charge in [0.1, 0.15) is 12.1 Å². The lowest BCUT2D eigenvalue weighted by Gasteiger charge is -2.34. The van der Waals surface area contributed by atoms with Crippen LogP contribution in [-0.4, -0.2) is 62.6 Å². The number of fused-ring (bicyclic) bond motifs is 1. The number of carbonyl (C=O) groups is 2. The van der Waals surface area contributed by atoms with Crippen LogP contribution in [0.2, 0.25) is 5.02 Å². The molecule has 0 radical (unpaired) electrons. The molecule has 3 aromatic rings. The zero-order valence-electron chi connectivity index (χ0n) is 14.7. The summed E-state index contributed by atoms with van der Waals surface area (Å²) in [5.74, 6) is -0.253. The van der Waals surface area contributed by atoms with Crippen molar-refractivity contribution >= 4 is 34.8 Å². The topological polar surface area (TPSA) is 83.7 Å². The normalized spacial score (nSPS) is 14.6. The zero-order chi connectivity index (χ0) is 19.0. The number of anilines is 1. The van der Waals surface area contributed by atoms with Crippen molar-refractivity contribution in [1.29, 1.82) is 0 Å². The van der Waals surface area contributed by atoms with Crippen LogP contribution in [0.15, 0.2) is 36.7 Å². The first-order valence-electron chi connectivity index (χ1n) is 8.55. The molecule has 1 aliphatic heterocycles. The molecular weight excluding hydrogens is 368 g/mol. The van der Waals surface area contributed by atoms with Gasteiger partial charge in [-0.1, -0.05) is 23.7 Å².